The van der Waals surface area contributed by atoms with Crippen LogP contribution in [-0.2, 0) is 4.74 Å². The molecule has 1 unspecified atom stereocenters. The van der Waals surface area contributed by atoms with E-state index in [0.717, 1.165) is 65.2 Å². The molecule has 150 valence electrons. The van der Waals surface area contributed by atoms with Crippen LogP contribution in [0.5, 0.6) is 0 Å². The van der Waals surface area contributed by atoms with Gasteiger partial charge in [0.25, 0.3) is 0 Å². The highest BCUT2D eigenvalue weighted by atomic mass is 32.1. The van der Waals surface area contributed by atoms with Crippen molar-refractivity contribution in [3.8, 4) is 0 Å². The maximum Gasteiger partial charge on any atom is 0.407 e. The summed E-state index contributed by atoms with van der Waals surface area (Å²) in [6, 6.07) is 0. The predicted molar refractivity (Wildman–Crippen MR) is 108 cm³/mol. The zero-order valence-corrected chi connectivity index (χ0v) is 17.3. The van der Waals surface area contributed by atoms with Gasteiger partial charge >= 0.3 is 6.09 Å². The Bertz CT molecular complexity index is 456. The summed E-state index contributed by atoms with van der Waals surface area (Å²) in [5, 5.41) is 3.55. The number of carbonyl (C=O) groups is 1. The zero-order chi connectivity index (χ0) is 18.6. The number of alkyl carbamates (subject to hydrolysis) is 1. The highest BCUT2D eigenvalue weighted by molar-refractivity contribution is 7.80. The predicted octanol–water partition coefficient (Wildman–Crippen LogP) is 1.87. The zero-order valence-electron chi connectivity index (χ0n) is 16.5. The largest absolute Gasteiger partial charge is 0.449 e. The monoisotopic (exact) mass is 384 g/mol. The number of nitrogens with one attached hydrogen (secondary N) is 1. The van der Waals surface area contributed by atoms with Gasteiger partial charge in [-0.3, -0.25) is 9.80 Å². The Morgan fingerprint density at radius 2 is 1.77 bits per heavy atom. The van der Waals surface area contributed by atoms with Crippen LogP contribution in [0.4, 0.5) is 4.79 Å². The van der Waals surface area contributed by atoms with E-state index < -0.39 is 0 Å². The number of carbonyl (C=O) groups excluding carboxylic acids is 1. The Morgan fingerprint density at radius 3 is 2.31 bits per heavy atom. The van der Waals surface area contributed by atoms with Crippen LogP contribution in [-0.4, -0.2) is 90.7 Å². The van der Waals surface area contributed by atoms with Crippen LogP contribution in [0.15, 0.2) is 0 Å². The Balaban J connectivity index is 1.56. The smallest absolute Gasteiger partial charge is 0.407 e. The van der Waals surface area contributed by atoms with Crippen molar-refractivity contribution >= 4 is 18.7 Å². The van der Waals surface area contributed by atoms with E-state index in [2.05, 4.69) is 46.5 Å². The number of ether oxygens (including phenoxy) is 1. The van der Waals surface area contributed by atoms with E-state index in [0.29, 0.717) is 12.5 Å². The minimum absolute atomic E-state index is 0.172. The van der Waals surface area contributed by atoms with Crippen molar-refractivity contribution in [2.24, 2.45) is 5.92 Å². The van der Waals surface area contributed by atoms with Crippen LogP contribution in [0.3, 0.4) is 0 Å². The van der Waals surface area contributed by atoms with Gasteiger partial charge in [0.15, 0.2) is 0 Å². The van der Waals surface area contributed by atoms with Crippen molar-refractivity contribution in [2.75, 3.05) is 59.0 Å². The second-order valence-electron chi connectivity index (χ2n) is 8.33. The van der Waals surface area contributed by atoms with Crippen LogP contribution >= 0.6 is 12.6 Å². The minimum atomic E-state index is -0.225. The molecule has 2 aliphatic heterocycles. The van der Waals surface area contributed by atoms with Crippen molar-refractivity contribution in [3.05, 3.63) is 0 Å². The standard InChI is InChI=1S/C19H36N4O2S/c1-3-21-10-12-22(13-11-21)15-19(6-8-23(9-7-19)16(2)26)20-18(24)25-14-17-4-5-17/h16-17,26H,3-15H2,1-2H3,(H,20,24). The topological polar surface area (TPSA) is 48.1 Å². The lowest BCUT2D eigenvalue weighted by atomic mass is 9.86. The Kier molecular flexibility index (Phi) is 7.11. The number of likely N-dealkylation sites (tertiary alicyclic amines) is 1. The lowest BCUT2D eigenvalue weighted by Gasteiger charge is -2.46. The Labute approximate surface area is 164 Å². The molecule has 3 aliphatic rings. The van der Waals surface area contributed by atoms with Crippen LogP contribution in [0.25, 0.3) is 0 Å². The van der Waals surface area contributed by atoms with Crippen LogP contribution in [0.1, 0.15) is 39.5 Å². The van der Waals surface area contributed by atoms with Gasteiger partial charge in [-0.05, 0) is 45.1 Å². The van der Waals surface area contributed by atoms with E-state index in [9.17, 15) is 4.79 Å². The number of rotatable bonds is 7. The maximum absolute atomic E-state index is 12.4. The summed E-state index contributed by atoms with van der Waals surface area (Å²) in [5.74, 6) is 0.603. The molecule has 1 amide bonds. The maximum atomic E-state index is 12.4. The number of likely N-dealkylation sites (N-methyl/N-ethyl adjacent to an activating group) is 1. The van der Waals surface area contributed by atoms with Gasteiger partial charge < -0.3 is 15.0 Å². The molecule has 0 bridgehead atoms. The van der Waals surface area contributed by atoms with Gasteiger partial charge in [-0.25, -0.2) is 4.79 Å². The molecular weight excluding hydrogens is 348 g/mol. The first-order chi connectivity index (χ1) is 12.5. The molecule has 2 heterocycles. The van der Waals surface area contributed by atoms with E-state index >= 15 is 0 Å². The van der Waals surface area contributed by atoms with Gasteiger partial charge in [0.2, 0.25) is 0 Å². The summed E-state index contributed by atoms with van der Waals surface area (Å²) in [6.07, 6.45) is 4.11. The third-order valence-electron chi connectivity index (χ3n) is 6.24. The fourth-order valence-corrected chi connectivity index (χ4v) is 4.30. The van der Waals surface area contributed by atoms with E-state index in [4.69, 9.17) is 4.74 Å². The van der Waals surface area contributed by atoms with E-state index in [1.165, 1.54) is 12.8 Å². The molecule has 1 N–H and O–H groups in total. The molecule has 0 aromatic carbocycles. The van der Waals surface area contributed by atoms with Crippen molar-refractivity contribution < 1.29 is 9.53 Å². The fraction of sp³-hybridized carbons (Fsp3) is 0.947. The summed E-state index contributed by atoms with van der Waals surface area (Å²) in [6.45, 7) is 13.3. The average molecular weight is 385 g/mol. The van der Waals surface area contributed by atoms with Gasteiger partial charge in [-0.15, -0.1) is 0 Å². The van der Waals surface area contributed by atoms with Gasteiger partial charge in [0, 0.05) is 51.2 Å². The van der Waals surface area contributed by atoms with Crippen LogP contribution in [0, 0.1) is 5.92 Å². The van der Waals surface area contributed by atoms with Crippen molar-refractivity contribution in [1.82, 2.24) is 20.0 Å². The van der Waals surface area contributed by atoms with Gasteiger partial charge in [-0.2, -0.15) is 12.6 Å². The third kappa shape index (κ3) is 5.75. The summed E-state index contributed by atoms with van der Waals surface area (Å²) in [4.78, 5) is 19.8. The van der Waals surface area contributed by atoms with E-state index in [-0.39, 0.29) is 17.0 Å². The fourth-order valence-electron chi connectivity index (χ4n) is 4.07. The molecule has 0 spiro atoms. The summed E-state index contributed by atoms with van der Waals surface area (Å²) in [7, 11) is 0. The van der Waals surface area contributed by atoms with Crippen molar-refractivity contribution in [1.29, 1.82) is 0 Å². The summed E-state index contributed by atoms with van der Waals surface area (Å²) < 4.78 is 5.49. The second kappa shape index (κ2) is 9.13. The highest BCUT2D eigenvalue weighted by Crippen LogP contribution is 2.29. The Morgan fingerprint density at radius 1 is 1.15 bits per heavy atom. The molecule has 7 heteroatoms. The molecule has 1 saturated carbocycles. The molecule has 1 aliphatic carbocycles. The number of amides is 1. The quantitative estimate of drug-likeness (QED) is 0.656. The molecule has 3 rings (SSSR count). The molecule has 2 saturated heterocycles. The number of thiol groups is 1. The highest BCUT2D eigenvalue weighted by Gasteiger charge is 2.39. The molecule has 1 atom stereocenters. The second-order valence-corrected chi connectivity index (χ2v) is 9.07. The number of piperazine rings is 1. The normalized spacial score (nSPS) is 26.4. The molecular formula is C19H36N4O2S. The number of nitrogens with zero attached hydrogens (tertiary/aromatic N) is 3. The van der Waals surface area contributed by atoms with Gasteiger partial charge in [0.05, 0.1) is 12.1 Å². The first kappa shape index (κ1) is 20.2. The van der Waals surface area contributed by atoms with Gasteiger partial charge in [-0.1, -0.05) is 6.92 Å². The van der Waals surface area contributed by atoms with Gasteiger partial charge in [0.1, 0.15) is 0 Å². The molecule has 26 heavy (non-hydrogen) atoms. The molecule has 0 aromatic heterocycles. The minimum Gasteiger partial charge on any atom is -0.449 e. The van der Waals surface area contributed by atoms with E-state index in [1.54, 1.807) is 0 Å². The lowest BCUT2D eigenvalue weighted by molar-refractivity contribution is 0.0566. The lowest BCUT2D eigenvalue weighted by Crippen LogP contribution is -2.62. The SMILES string of the molecule is CCN1CCN(CC2(NC(=O)OCC3CC3)CCN(C(C)S)CC2)CC1. The van der Waals surface area contributed by atoms with Crippen LogP contribution in [0.2, 0.25) is 0 Å². The Hall–Kier alpha value is -0.500. The third-order valence-corrected chi connectivity index (χ3v) is 6.56. The number of piperidine rings is 1. The number of hydrogen-bond donors (Lipinski definition) is 2. The van der Waals surface area contributed by atoms with Crippen molar-refractivity contribution in [3.63, 3.8) is 0 Å². The van der Waals surface area contributed by atoms with Crippen molar-refractivity contribution in [2.45, 2.75) is 50.4 Å². The molecule has 0 aromatic rings. The first-order valence-corrected chi connectivity index (χ1v) is 10.8. The number of hydrogen-bond acceptors (Lipinski definition) is 6. The summed E-state index contributed by atoms with van der Waals surface area (Å²) >= 11 is 4.58. The van der Waals surface area contributed by atoms with Crippen LogP contribution < -0.4 is 5.32 Å². The molecule has 3 fully saturated rings. The summed E-state index contributed by atoms with van der Waals surface area (Å²) in [5.41, 5.74) is -0.172. The molecule has 0 radical (unpaired) electrons. The van der Waals surface area contributed by atoms with E-state index in [1.807, 2.05) is 0 Å². The molecule has 6 nitrogen and oxygen atoms in total. The average Bonchev–Trinajstić information content (AvgIpc) is 3.45. The first-order valence-electron chi connectivity index (χ1n) is 10.3.